The number of terminal acetylenes is 1. The fraction of sp³-hybridized carbons (Fsp3) is 0.318. The first-order valence-corrected chi connectivity index (χ1v) is 12.9. The van der Waals surface area contributed by atoms with E-state index in [0.29, 0.717) is 31.5 Å². The van der Waals surface area contributed by atoms with Crippen LogP contribution in [0.2, 0.25) is 0 Å². The predicted octanol–water partition coefficient (Wildman–Crippen LogP) is 2.34. The number of sulfonamides is 1. The van der Waals surface area contributed by atoms with Crippen molar-refractivity contribution >= 4 is 26.0 Å². The van der Waals surface area contributed by atoms with Gasteiger partial charge in [0.15, 0.2) is 6.61 Å². The predicted molar refractivity (Wildman–Crippen MR) is 118 cm³/mol. The maximum atomic E-state index is 13.1. The molecule has 0 atom stereocenters. The maximum absolute atomic E-state index is 13.1. The van der Waals surface area contributed by atoms with Gasteiger partial charge in [0.05, 0.1) is 14.7 Å². The van der Waals surface area contributed by atoms with Gasteiger partial charge in [-0.1, -0.05) is 30.2 Å². The van der Waals surface area contributed by atoms with Gasteiger partial charge in [0, 0.05) is 19.1 Å². The van der Waals surface area contributed by atoms with Crippen molar-refractivity contribution in [1.29, 1.82) is 0 Å². The summed E-state index contributed by atoms with van der Waals surface area (Å²) in [5.74, 6) is 2.22. The lowest BCUT2D eigenvalue weighted by atomic mass is 10.1. The largest absolute Gasteiger partial charge is 0.436 e. The number of hydrogen-bond acceptors (Lipinski definition) is 6. The Hall–Kier alpha value is -2.87. The number of sulfone groups is 1. The first-order valence-electron chi connectivity index (χ1n) is 9.93. The highest BCUT2D eigenvalue weighted by molar-refractivity contribution is 7.91. The quantitative estimate of drug-likeness (QED) is 0.641. The lowest BCUT2D eigenvalue weighted by molar-refractivity contribution is 0.103. The van der Waals surface area contributed by atoms with Gasteiger partial charge in [-0.05, 0) is 49.6 Å². The van der Waals surface area contributed by atoms with E-state index in [1.165, 1.54) is 35.2 Å². The summed E-state index contributed by atoms with van der Waals surface area (Å²) in [6, 6.07) is 11.5. The van der Waals surface area contributed by atoms with Crippen LogP contribution in [0.3, 0.4) is 0 Å². The molecule has 0 bridgehead atoms. The molecular formula is C22H24N2O6S2. The molecule has 0 saturated carbocycles. The molecule has 1 heterocycles. The van der Waals surface area contributed by atoms with E-state index >= 15 is 0 Å². The normalized spacial score (nSPS) is 15.2. The topological polar surface area (TPSA) is 110 Å². The van der Waals surface area contributed by atoms with Crippen LogP contribution in [-0.2, 0) is 24.6 Å². The zero-order chi connectivity index (χ0) is 23.4. The third kappa shape index (κ3) is 5.30. The zero-order valence-electron chi connectivity index (χ0n) is 17.5. The van der Waals surface area contributed by atoms with Crippen molar-refractivity contribution in [2.24, 2.45) is 0 Å². The van der Waals surface area contributed by atoms with Crippen molar-refractivity contribution in [1.82, 2.24) is 9.62 Å². The molecule has 170 valence electrons. The van der Waals surface area contributed by atoms with Crippen LogP contribution in [0.5, 0.6) is 0 Å². The fourth-order valence-corrected chi connectivity index (χ4v) is 6.39. The lowest BCUT2D eigenvalue weighted by Crippen LogP contribution is -2.46. The number of hydrogen-bond donors (Lipinski definition) is 1. The second-order valence-corrected chi connectivity index (χ2v) is 11.0. The monoisotopic (exact) mass is 476 g/mol. The third-order valence-electron chi connectivity index (χ3n) is 5.17. The van der Waals surface area contributed by atoms with E-state index in [1.54, 1.807) is 25.1 Å². The number of amides is 1. The summed E-state index contributed by atoms with van der Waals surface area (Å²) in [6.45, 7) is 2.13. The van der Waals surface area contributed by atoms with E-state index in [2.05, 4.69) is 10.6 Å². The summed E-state index contributed by atoms with van der Waals surface area (Å²) < 4.78 is 59.5. The lowest BCUT2D eigenvalue weighted by Gasteiger charge is -2.31. The average molecular weight is 477 g/mol. The Labute approximate surface area is 188 Å². The maximum Gasteiger partial charge on any atom is 0.410 e. The molecule has 8 nitrogen and oxygen atoms in total. The molecule has 2 aromatic rings. The van der Waals surface area contributed by atoms with Crippen LogP contribution in [0.4, 0.5) is 4.79 Å². The Balaban J connectivity index is 1.76. The number of aryl methyl sites for hydroxylation is 1. The Kier molecular flexibility index (Phi) is 7.23. The van der Waals surface area contributed by atoms with Gasteiger partial charge in [-0.15, -0.1) is 6.42 Å². The average Bonchev–Trinajstić information content (AvgIpc) is 2.78. The number of piperidine rings is 1. The molecule has 0 spiro atoms. The highest BCUT2D eigenvalue weighted by Crippen LogP contribution is 2.26. The molecule has 32 heavy (non-hydrogen) atoms. The van der Waals surface area contributed by atoms with Gasteiger partial charge in [0.2, 0.25) is 19.9 Å². The molecule has 0 aliphatic carbocycles. The second kappa shape index (κ2) is 9.73. The van der Waals surface area contributed by atoms with Gasteiger partial charge in [-0.2, -0.15) is 0 Å². The molecular weight excluding hydrogens is 452 g/mol. The van der Waals surface area contributed by atoms with Gasteiger partial charge >= 0.3 is 6.09 Å². The standard InChI is InChI=1S/C22H24N2O6S2/c1-3-15-30-22(25)24-13-11-18(12-14-24)23-32(28,29)21-16-20(10-9-17(21)2)31(26,27)19-7-5-4-6-8-19/h1,4-10,16,18,23H,11-15H2,2H3. The second-order valence-electron chi connectivity index (χ2n) is 7.39. The Morgan fingerprint density at radius 2 is 1.75 bits per heavy atom. The number of likely N-dealkylation sites (tertiary alicyclic amines) is 1. The molecule has 1 fully saturated rings. The van der Waals surface area contributed by atoms with E-state index in [-0.39, 0.29) is 21.3 Å². The number of benzene rings is 2. The number of ether oxygens (including phenoxy) is 1. The minimum atomic E-state index is -3.98. The third-order valence-corrected chi connectivity index (χ3v) is 8.60. The molecule has 2 aromatic carbocycles. The summed E-state index contributed by atoms with van der Waals surface area (Å²) in [4.78, 5) is 13.2. The first kappa shape index (κ1) is 23.8. The van der Waals surface area contributed by atoms with Crippen molar-refractivity contribution < 1.29 is 26.4 Å². The van der Waals surface area contributed by atoms with Gasteiger partial charge in [0.25, 0.3) is 0 Å². The first-order chi connectivity index (χ1) is 15.1. The van der Waals surface area contributed by atoms with Crippen molar-refractivity contribution in [3.8, 4) is 12.3 Å². The molecule has 1 aliphatic heterocycles. The SMILES string of the molecule is C#CCOC(=O)N1CCC(NS(=O)(=O)c2cc(S(=O)(=O)c3ccccc3)ccc2C)CC1. The minimum absolute atomic E-state index is 0.0873. The Bertz CT molecular complexity index is 1230. The zero-order valence-corrected chi connectivity index (χ0v) is 19.2. The van der Waals surface area contributed by atoms with Crippen molar-refractivity contribution in [2.45, 2.75) is 40.5 Å². The summed E-state index contributed by atoms with van der Waals surface area (Å²) in [5, 5.41) is 0. The number of carbonyl (C=O) groups is 1. The Morgan fingerprint density at radius 3 is 2.38 bits per heavy atom. The van der Waals surface area contributed by atoms with Crippen LogP contribution >= 0.6 is 0 Å². The van der Waals surface area contributed by atoms with Gasteiger partial charge in [-0.25, -0.2) is 26.4 Å². The van der Waals surface area contributed by atoms with Gasteiger partial charge < -0.3 is 9.64 Å². The highest BCUT2D eigenvalue weighted by atomic mass is 32.2. The van der Waals surface area contributed by atoms with Crippen molar-refractivity contribution in [3.63, 3.8) is 0 Å². The fourth-order valence-electron chi connectivity index (χ4n) is 3.43. The van der Waals surface area contributed by atoms with Crippen LogP contribution in [0.1, 0.15) is 18.4 Å². The van der Waals surface area contributed by atoms with E-state index in [4.69, 9.17) is 11.2 Å². The molecule has 1 N–H and O–H groups in total. The van der Waals surface area contributed by atoms with Crippen LogP contribution in [0, 0.1) is 19.3 Å². The summed E-state index contributed by atoms with van der Waals surface area (Å²) in [6.07, 6.45) is 5.34. The number of rotatable bonds is 6. The summed E-state index contributed by atoms with van der Waals surface area (Å²) >= 11 is 0. The molecule has 3 rings (SSSR count). The van der Waals surface area contributed by atoms with E-state index in [0.717, 1.165) is 0 Å². The van der Waals surface area contributed by atoms with Crippen LogP contribution in [0.15, 0.2) is 63.2 Å². The van der Waals surface area contributed by atoms with E-state index in [9.17, 15) is 21.6 Å². The number of nitrogens with zero attached hydrogens (tertiary/aromatic N) is 1. The van der Waals surface area contributed by atoms with E-state index < -0.39 is 32.0 Å². The molecule has 1 aliphatic rings. The number of nitrogens with one attached hydrogen (secondary N) is 1. The smallest absolute Gasteiger partial charge is 0.410 e. The van der Waals surface area contributed by atoms with Gasteiger partial charge in [0.1, 0.15) is 0 Å². The van der Waals surface area contributed by atoms with Crippen LogP contribution < -0.4 is 4.72 Å². The molecule has 0 aromatic heterocycles. The molecule has 0 radical (unpaired) electrons. The molecule has 0 unspecified atom stereocenters. The van der Waals surface area contributed by atoms with E-state index in [1.807, 2.05) is 0 Å². The summed E-state index contributed by atoms with van der Waals surface area (Å²) in [7, 11) is -7.84. The van der Waals surface area contributed by atoms with Crippen molar-refractivity contribution in [2.75, 3.05) is 19.7 Å². The van der Waals surface area contributed by atoms with Gasteiger partial charge in [-0.3, -0.25) is 0 Å². The van der Waals surface area contributed by atoms with Crippen LogP contribution in [0.25, 0.3) is 0 Å². The van der Waals surface area contributed by atoms with Crippen molar-refractivity contribution in [3.05, 3.63) is 54.1 Å². The molecule has 1 amide bonds. The minimum Gasteiger partial charge on any atom is -0.436 e. The highest BCUT2D eigenvalue weighted by Gasteiger charge is 2.29. The molecule has 1 saturated heterocycles. The summed E-state index contributed by atoms with van der Waals surface area (Å²) in [5.41, 5.74) is 0.430. The Morgan fingerprint density at radius 1 is 1.09 bits per heavy atom. The van der Waals surface area contributed by atoms with Crippen LogP contribution in [-0.4, -0.2) is 53.6 Å². The molecule has 10 heteroatoms. The number of carbonyl (C=O) groups excluding carboxylic acids is 1.